The molecule has 37 heavy (non-hydrogen) atoms. The van der Waals surface area contributed by atoms with Crippen molar-refractivity contribution in [1.82, 2.24) is 24.6 Å². The fraction of sp³-hybridized carbons (Fsp3) is 0.385. The van der Waals surface area contributed by atoms with E-state index < -0.39 is 11.6 Å². The molecule has 5 rings (SSSR count). The highest BCUT2D eigenvalue weighted by Crippen LogP contribution is 2.42. The van der Waals surface area contributed by atoms with E-state index in [1.165, 1.54) is 0 Å². The van der Waals surface area contributed by atoms with Crippen LogP contribution in [0.4, 0.5) is 16.0 Å². The Hall–Kier alpha value is -4.33. The zero-order chi connectivity index (χ0) is 26.2. The van der Waals surface area contributed by atoms with E-state index in [0.29, 0.717) is 67.2 Å². The Morgan fingerprint density at radius 3 is 2.70 bits per heavy atom. The van der Waals surface area contributed by atoms with Crippen molar-refractivity contribution in [2.45, 2.75) is 50.7 Å². The monoisotopic (exact) mass is 502 g/mol. The minimum Gasteiger partial charge on any atom is -0.366 e. The van der Waals surface area contributed by atoms with Crippen LogP contribution in [0, 0.1) is 18.3 Å². The zero-order valence-electron chi connectivity index (χ0n) is 20.4. The van der Waals surface area contributed by atoms with Crippen LogP contribution in [0.1, 0.15) is 53.2 Å². The van der Waals surface area contributed by atoms with Crippen molar-refractivity contribution in [1.29, 1.82) is 5.26 Å². The van der Waals surface area contributed by atoms with Crippen LogP contribution < -0.4 is 11.1 Å². The number of nitrogens with zero attached hydrogens (tertiary/aromatic N) is 6. The maximum atomic E-state index is 14.1. The van der Waals surface area contributed by atoms with Crippen LogP contribution in [-0.4, -0.2) is 55.2 Å². The summed E-state index contributed by atoms with van der Waals surface area (Å²) in [7, 11) is 0. The van der Waals surface area contributed by atoms with Gasteiger partial charge in [-0.25, -0.2) is 14.4 Å². The molecule has 11 heteroatoms. The number of piperidine rings is 1. The number of nitrogens with two attached hydrogens (primary N) is 1. The summed E-state index contributed by atoms with van der Waals surface area (Å²) in [4.78, 5) is 34.6. The molecule has 0 atom stereocenters. The summed E-state index contributed by atoms with van der Waals surface area (Å²) in [5, 5.41) is 16.8. The van der Waals surface area contributed by atoms with Crippen LogP contribution in [0.25, 0.3) is 11.3 Å². The Balaban J connectivity index is 1.28. The van der Waals surface area contributed by atoms with Gasteiger partial charge in [-0.1, -0.05) is 6.07 Å². The summed E-state index contributed by atoms with van der Waals surface area (Å²) in [5.41, 5.74) is 7.64. The lowest BCUT2D eigenvalue weighted by molar-refractivity contribution is -0.139. The van der Waals surface area contributed by atoms with Gasteiger partial charge in [0.2, 0.25) is 11.9 Å². The van der Waals surface area contributed by atoms with Gasteiger partial charge in [-0.2, -0.15) is 10.4 Å². The summed E-state index contributed by atoms with van der Waals surface area (Å²) in [5.74, 6) is -0.578. The van der Waals surface area contributed by atoms with Crippen LogP contribution in [0.3, 0.4) is 0 Å². The summed E-state index contributed by atoms with van der Waals surface area (Å²) in [6.45, 7) is 2.92. The second-order valence-electron chi connectivity index (χ2n) is 9.62. The number of alkyl halides is 1. The second-order valence-corrected chi connectivity index (χ2v) is 9.62. The molecule has 0 radical (unpaired) electrons. The smallest absolute Gasteiger partial charge is 0.260 e. The van der Waals surface area contributed by atoms with E-state index in [1.807, 2.05) is 17.8 Å². The molecule has 1 aromatic carbocycles. The van der Waals surface area contributed by atoms with Gasteiger partial charge in [0.05, 0.1) is 36.1 Å². The number of benzene rings is 1. The Kier molecular flexibility index (Phi) is 6.33. The lowest BCUT2D eigenvalue weighted by Gasteiger charge is -2.32. The molecule has 1 saturated heterocycles. The predicted octanol–water partition coefficient (Wildman–Crippen LogP) is 3.22. The van der Waals surface area contributed by atoms with Gasteiger partial charge in [-0.05, 0) is 55.9 Å². The molecule has 1 saturated carbocycles. The number of rotatable bonds is 7. The van der Waals surface area contributed by atoms with Crippen molar-refractivity contribution in [3.8, 4) is 17.3 Å². The third-order valence-electron chi connectivity index (χ3n) is 6.94. The fourth-order valence-electron chi connectivity index (χ4n) is 4.68. The summed E-state index contributed by atoms with van der Waals surface area (Å²) in [6, 6.07) is 7.30. The van der Waals surface area contributed by atoms with Crippen LogP contribution in [0.2, 0.25) is 0 Å². The highest BCUT2D eigenvalue weighted by Gasteiger charge is 2.53. The molecule has 0 bridgehead atoms. The van der Waals surface area contributed by atoms with Gasteiger partial charge in [0.1, 0.15) is 0 Å². The number of aromatic nitrogens is 4. The SMILES string of the molecule is Cc1cnc(Nc2cnn(C3CCN(C(=O)C4(F)CC4)CC3)c2)nc1-c1ccc(C(N)=O)c(CC#N)c1. The van der Waals surface area contributed by atoms with Crippen molar-refractivity contribution in [3.05, 3.63) is 53.5 Å². The third kappa shape index (κ3) is 5.00. The first-order valence-electron chi connectivity index (χ1n) is 12.2. The lowest BCUT2D eigenvalue weighted by Crippen LogP contribution is -2.43. The Morgan fingerprint density at radius 1 is 1.27 bits per heavy atom. The number of nitrogens with one attached hydrogen (secondary N) is 1. The van der Waals surface area contributed by atoms with Gasteiger partial charge in [0.25, 0.3) is 5.91 Å². The molecule has 10 nitrogen and oxygen atoms in total. The highest BCUT2D eigenvalue weighted by molar-refractivity contribution is 5.95. The van der Waals surface area contributed by atoms with E-state index in [4.69, 9.17) is 11.0 Å². The quantitative estimate of drug-likeness (QED) is 0.505. The van der Waals surface area contributed by atoms with Crippen molar-refractivity contribution >= 4 is 23.5 Å². The third-order valence-corrected chi connectivity index (χ3v) is 6.94. The van der Waals surface area contributed by atoms with Crippen LogP contribution >= 0.6 is 0 Å². The maximum Gasteiger partial charge on any atom is 0.260 e. The molecule has 2 aromatic heterocycles. The van der Waals surface area contributed by atoms with Crippen LogP contribution in [0.15, 0.2) is 36.8 Å². The van der Waals surface area contributed by atoms with Crippen molar-refractivity contribution < 1.29 is 14.0 Å². The van der Waals surface area contributed by atoms with E-state index in [2.05, 4.69) is 26.5 Å². The van der Waals surface area contributed by atoms with Crippen molar-refractivity contribution in [3.63, 3.8) is 0 Å². The summed E-state index contributed by atoms with van der Waals surface area (Å²) < 4.78 is 16.0. The molecule has 3 aromatic rings. The molecule has 0 unspecified atom stereocenters. The first-order chi connectivity index (χ1) is 17.8. The van der Waals surface area contributed by atoms with E-state index in [0.717, 1.165) is 11.1 Å². The first kappa shape index (κ1) is 24.4. The number of carbonyl (C=O) groups is 2. The Labute approximate surface area is 213 Å². The number of anilines is 2. The number of primary amides is 1. The Morgan fingerprint density at radius 2 is 2.03 bits per heavy atom. The topological polar surface area (TPSA) is 143 Å². The van der Waals surface area contributed by atoms with Gasteiger partial charge in [-0.15, -0.1) is 0 Å². The molecule has 2 fully saturated rings. The average molecular weight is 503 g/mol. The van der Waals surface area contributed by atoms with Crippen LogP contribution in [-0.2, 0) is 11.2 Å². The molecule has 190 valence electrons. The predicted molar refractivity (Wildman–Crippen MR) is 133 cm³/mol. The number of halogens is 1. The van der Waals surface area contributed by atoms with E-state index in [1.54, 1.807) is 35.5 Å². The van der Waals surface area contributed by atoms with E-state index in [-0.39, 0.29) is 18.4 Å². The minimum atomic E-state index is -1.62. The largest absolute Gasteiger partial charge is 0.366 e. The first-order valence-corrected chi connectivity index (χ1v) is 12.2. The van der Waals surface area contributed by atoms with Gasteiger partial charge in [-0.3, -0.25) is 14.3 Å². The molecule has 0 spiro atoms. The highest BCUT2D eigenvalue weighted by atomic mass is 19.1. The van der Waals surface area contributed by atoms with Gasteiger partial charge < -0.3 is 16.0 Å². The lowest BCUT2D eigenvalue weighted by atomic mass is 9.98. The average Bonchev–Trinajstić information content (AvgIpc) is 3.48. The van der Waals surface area contributed by atoms with Gasteiger partial charge in [0.15, 0.2) is 5.67 Å². The fourth-order valence-corrected chi connectivity index (χ4v) is 4.68. The number of nitriles is 1. The molecule has 3 heterocycles. The molecule has 2 aliphatic rings. The number of carbonyl (C=O) groups excluding carboxylic acids is 2. The van der Waals surface area contributed by atoms with E-state index in [9.17, 15) is 14.0 Å². The van der Waals surface area contributed by atoms with Crippen LogP contribution in [0.5, 0.6) is 0 Å². The molecule has 2 amide bonds. The Bertz CT molecular complexity index is 1400. The van der Waals surface area contributed by atoms with Gasteiger partial charge >= 0.3 is 0 Å². The van der Waals surface area contributed by atoms with Crippen molar-refractivity contribution in [2.75, 3.05) is 18.4 Å². The maximum absolute atomic E-state index is 14.1. The standard InChI is InChI=1S/C26H27FN8O2/c1-16-13-30-25(33-22(16)18-2-3-21(23(29)36)17(12-18)4-9-28)32-19-14-31-35(15-19)20-5-10-34(11-6-20)24(37)26(27)7-8-26/h2-3,12-15,20H,4-8,10-11H2,1H3,(H2,29,36)(H,30,32,33). The summed E-state index contributed by atoms with van der Waals surface area (Å²) >= 11 is 0. The molecule has 3 N–H and O–H groups in total. The number of aryl methyl sites for hydroxylation is 1. The summed E-state index contributed by atoms with van der Waals surface area (Å²) in [6.07, 6.45) is 7.41. The van der Waals surface area contributed by atoms with E-state index >= 15 is 0 Å². The number of hydrogen-bond donors (Lipinski definition) is 2. The molecular weight excluding hydrogens is 475 g/mol. The minimum absolute atomic E-state index is 0.0578. The zero-order valence-corrected chi connectivity index (χ0v) is 20.4. The normalized spacial score (nSPS) is 16.7. The number of amides is 2. The molecular formula is C26H27FN8O2. The van der Waals surface area contributed by atoms with Crippen molar-refractivity contribution in [2.24, 2.45) is 5.73 Å². The van der Waals surface area contributed by atoms with Gasteiger partial charge in [0, 0.05) is 36.6 Å². The number of likely N-dealkylation sites (tertiary alicyclic amines) is 1. The molecule has 1 aliphatic carbocycles. The molecule has 1 aliphatic heterocycles. The number of hydrogen-bond acceptors (Lipinski definition) is 7. The second kappa shape index (κ2) is 9.61.